The smallest absolute Gasteiger partial charge is 0.203 e. The zero-order valence-corrected chi connectivity index (χ0v) is 7.22. The Kier molecular flexibility index (Phi) is 2.78. The molecular formula is C8H13F2N2+. The molecule has 0 fully saturated rings. The van der Waals surface area contributed by atoms with Gasteiger partial charge in [-0.1, -0.05) is 13.8 Å². The number of aromatic amines is 1. The molecule has 0 spiro atoms. The zero-order chi connectivity index (χ0) is 9.14. The quantitative estimate of drug-likeness (QED) is 0.674. The van der Waals surface area contributed by atoms with Gasteiger partial charge in [0.25, 0.3) is 6.43 Å². The average Bonchev–Trinajstić information content (AvgIpc) is 2.34. The fraction of sp³-hybridized carbons (Fsp3) is 0.625. The number of hydrogen-bond donors (Lipinski definition) is 1. The number of hydrogen-bond acceptors (Lipinski definition) is 0. The number of rotatable bonds is 3. The molecule has 0 aromatic carbocycles. The number of nitrogens with one attached hydrogen (secondary N) is 1. The van der Waals surface area contributed by atoms with Crippen molar-refractivity contribution in [1.29, 1.82) is 0 Å². The van der Waals surface area contributed by atoms with Gasteiger partial charge in [-0.25, -0.2) is 8.78 Å². The maximum Gasteiger partial charge on any atom is 0.298 e. The lowest BCUT2D eigenvalue weighted by atomic mass is 10.1. The van der Waals surface area contributed by atoms with Crippen LogP contribution in [-0.4, -0.2) is 11.5 Å². The molecule has 0 bridgehead atoms. The highest BCUT2D eigenvalue weighted by atomic mass is 19.3. The Hall–Kier alpha value is -0.930. The summed E-state index contributed by atoms with van der Waals surface area (Å²) in [5, 5.41) is 2.88. The Labute approximate surface area is 70.2 Å². The van der Waals surface area contributed by atoms with E-state index in [1.54, 1.807) is 6.20 Å². The van der Waals surface area contributed by atoms with E-state index in [0.717, 1.165) is 5.69 Å². The van der Waals surface area contributed by atoms with E-state index in [1.807, 2.05) is 19.9 Å². The molecule has 68 valence electrons. The standard InChI is InChI=1S/C8H12F2N2/c1-6(2)7-3-4-12(11-7)5-8(9)10/h3-4,6,8H,5H2,1-2H3/p+1. The summed E-state index contributed by atoms with van der Waals surface area (Å²) < 4.78 is 25.2. The van der Waals surface area contributed by atoms with Crippen molar-refractivity contribution in [2.24, 2.45) is 0 Å². The third kappa shape index (κ3) is 2.29. The third-order valence-electron chi connectivity index (χ3n) is 1.66. The molecule has 1 aromatic rings. The molecule has 2 nitrogen and oxygen atoms in total. The molecule has 0 aliphatic rings. The maximum atomic E-state index is 11.9. The molecule has 0 saturated heterocycles. The van der Waals surface area contributed by atoms with Crippen LogP contribution in [0.1, 0.15) is 25.5 Å². The second-order valence-electron chi connectivity index (χ2n) is 3.08. The summed E-state index contributed by atoms with van der Waals surface area (Å²) in [5.41, 5.74) is 0.982. The van der Waals surface area contributed by atoms with Crippen molar-refractivity contribution in [3.05, 3.63) is 18.0 Å². The Morgan fingerprint density at radius 3 is 2.58 bits per heavy atom. The fourth-order valence-corrected chi connectivity index (χ4v) is 0.987. The van der Waals surface area contributed by atoms with Crippen molar-refractivity contribution in [3.63, 3.8) is 0 Å². The summed E-state index contributed by atoms with van der Waals surface area (Å²) in [5.74, 6) is 0.351. The van der Waals surface area contributed by atoms with E-state index in [9.17, 15) is 8.78 Å². The number of nitrogens with zero attached hydrogens (tertiary/aromatic N) is 1. The van der Waals surface area contributed by atoms with E-state index in [1.165, 1.54) is 4.68 Å². The van der Waals surface area contributed by atoms with Crippen molar-refractivity contribution in [1.82, 2.24) is 5.10 Å². The average molecular weight is 175 g/mol. The first-order chi connectivity index (χ1) is 5.59. The second-order valence-corrected chi connectivity index (χ2v) is 3.08. The van der Waals surface area contributed by atoms with Gasteiger partial charge >= 0.3 is 0 Å². The molecule has 0 aliphatic carbocycles. The maximum absolute atomic E-state index is 11.9. The zero-order valence-electron chi connectivity index (χ0n) is 7.22. The van der Waals surface area contributed by atoms with E-state index in [2.05, 4.69) is 5.10 Å². The first-order valence-corrected chi connectivity index (χ1v) is 3.96. The predicted molar refractivity (Wildman–Crippen MR) is 41.1 cm³/mol. The molecule has 1 heterocycles. The summed E-state index contributed by atoms with van der Waals surface area (Å²) >= 11 is 0. The van der Waals surface area contributed by atoms with Crippen LogP contribution in [0.5, 0.6) is 0 Å². The lowest BCUT2D eigenvalue weighted by molar-refractivity contribution is -0.757. The third-order valence-corrected chi connectivity index (χ3v) is 1.66. The van der Waals surface area contributed by atoms with Crippen LogP contribution in [0.4, 0.5) is 8.78 Å². The van der Waals surface area contributed by atoms with Gasteiger partial charge in [0.1, 0.15) is 0 Å². The van der Waals surface area contributed by atoms with Crippen LogP contribution < -0.4 is 4.68 Å². The Balaban J connectivity index is 2.64. The van der Waals surface area contributed by atoms with Crippen molar-refractivity contribution in [2.45, 2.75) is 32.7 Å². The topological polar surface area (TPSA) is 19.7 Å². The summed E-state index contributed by atoms with van der Waals surface area (Å²) in [6.45, 7) is 3.77. The van der Waals surface area contributed by atoms with E-state index in [4.69, 9.17) is 0 Å². The normalized spacial score (nSPS) is 11.5. The van der Waals surface area contributed by atoms with Gasteiger partial charge in [0.15, 0.2) is 6.20 Å². The molecule has 0 unspecified atom stereocenters. The molecule has 0 atom stereocenters. The highest BCUT2D eigenvalue weighted by molar-refractivity contribution is 4.99. The minimum Gasteiger partial charge on any atom is -0.203 e. The molecule has 1 rings (SSSR count). The highest BCUT2D eigenvalue weighted by Crippen LogP contribution is 2.07. The number of H-pyrrole nitrogens is 1. The summed E-state index contributed by atoms with van der Waals surface area (Å²) in [7, 11) is 0. The molecule has 0 amide bonds. The van der Waals surface area contributed by atoms with Crippen LogP contribution in [0.3, 0.4) is 0 Å². The monoisotopic (exact) mass is 175 g/mol. The SMILES string of the molecule is CC(C)c1cc[n+](CC(F)F)[nH]1. The van der Waals surface area contributed by atoms with Gasteiger partial charge in [-0.15, -0.1) is 4.68 Å². The fourth-order valence-electron chi connectivity index (χ4n) is 0.987. The number of halogens is 2. The van der Waals surface area contributed by atoms with Crippen LogP contribution in [0, 0.1) is 0 Å². The minimum atomic E-state index is -2.30. The summed E-state index contributed by atoms with van der Waals surface area (Å²) in [6, 6.07) is 1.83. The van der Waals surface area contributed by atoms with Gasteiger partial charge in [0, 0.05) is 6.07 Å². The van der Waals surface area contributed by atoms with Crippen molar-refractivity contribution < 1.29 is 13.5 Å². The molecule has 1 N–H and O–H groups in total. The molecule has 12 heavy (non-hydrogen) atoms. The molecule has 1 aromatic heterocycles. The minimum absolute atomic E-state index is 0.257. The number of aromatic nitrogens is 2. The number of alkyl halides is 2. The van der Waals surface area contributed by atoms with Crippen LogP contribution in [0.15, 0.2) is 12.3 Å². The van der Waals surface area contributed by atoms with Crippen molar-refractivity contribution in [2.75, 3.05) is 0 Å². The molecule has 0 aliphatic heterocycles. The van der Waals surface area contributed by atoms with E-state index in [0.29, 0.717) is 5.92 Å². The largest absolute Gasteiger partial charge is 0.298 e. The molecule has 0 saturated carbocycles. The van der Waals surface area contributed by atoms with Crippen molar-refractivity contribution >= 4 is 0 Å². The second kappa shape index (κ2) is 3.65. The van der Waals surface area contributed by atoms with Crippen LogP contribution in [-0.2, 0) is 6.54 Å². The van der Waals surface area contributed by atoms with Crippen LogP contribution >= 0.6 is 0 Å². The lowest BCUT2D eigenvalue weighted by Gasteiger charge is -1.95. The summed E-state index contributed by atoms with van der Waals surface area (Å²) in [4.78, 5) is 0. The van der Waals surface area contributed by atoms with Gasteiger partial charge in [-0.3, -0.25) is 0 Å². The predicted octanol–water partition coefficient (Wildman–Crippen LogP) is 1.69. The van der Waals surface area contributed by atoms with E-state index >= 15 is 0 Å². The van der Waals surface area contributed by atoms with Gasteiger partial charge < -0.3 is 0 Å². The Morgan fingerprint density at radius 2 is 2.17 bits per heavy atom. The lowest BCUT2D eigenvalue weighted by Crippen LogP contribution is -2.38. The first kappa shape index (κ1) is 9.16. The van der Waals surface area contributed by atoms with E-state index in [-0.39, 0.29) is 6.54 Å². The Morgan fingerprint density at radius 1 is 1.50 bits per heavy atom. The Bertz CT molecular complexity index is 243. The van der Waals surface area contributed by atoms with Crippen LogP contribution in [0.2, 0.25) is 0 Å². The van der Waals surface area contributed by atoms with Gasteiger partial charge in [-0.05, 0) is 5.92 Å². The highest BCUT2D eigenvalue weighted by Gasteiger charge is 2.13. The van der Waals surface area contributed by atoms with E-state index < -0.39 is 6.43 Å². The first-order valence-electron chi connectivity index (χ1n) is 3.96. The van der Waals surface area contributed by atoms with Crippen molar-refractivity contribution in [3.8, 4) is 0 Å². The van der Waals surface area contributed by atoms with Gasteiger partial charge in [0.2, 0.25) is 6.54 Å². The molecule has 4 heteroatoms. The summed E-state index contributed by atoms with van der Waals surface area (Å²) in [6.07, 6.45) is -0.657. The molecular weight excluding hydrogens is 162 g/mol. The van der Waals surface area contributed by atoms with Gasteiger partial charge in [-0.2, -0.15) is 5.10 Å². The van der Waals surface area contributed by atoms with Crippen LogP contribution in [0.25, 0.3) is 0 Å². The van der Waals surface area contributed by atoms with Gasteiger partial charge in [0.05, 0.1) is 5.69 Å². The molecule has 0 radical (unpaired) electrons.